The van der Waals surface area contributed by atoms with E-state index >= 15 is 0 Å². The summed E-state index contributed by atoms with van der Waals surface area (Å²) >= 11 is 0. The van der Waals surface area contributed by atoms with E-state index in [9.17, 15) is 9.18 Å². The summed E-state index contributed by atoms with van der Waals surface area (Å²) in [5.41, 5.74) is 0.757. The van der Waals surface area contributed by atoms with Crippen LogP contribution in [0.5, 0.6) is 0 Å². The molecule has 0 radical (unpaired) electrons. The lowest BCUT2D eigenvalue weighted by Gasteiger charge is -2.15. The normalized spacial score (nSPS) is 15.0. The number of carbonyl (C=O) groups excluding carboxylic acids is 1. The van der Waals surface area contributed by atoms with Crippen molar-refractivity contribution in [1.29, 1.82) is 0 Å². The average Bonchev–Trinajstić information content (AvgIpc) is 3.24. The largest absolute Gasteiger partial charge is 0.384 e. The Kier molecular flexibility index (Phi) is 4.98. The van der Waals surface area contributed by atoms with E-state index in [0.717, 1.165) is 25.7 Å². The van der Waals surface area contributed by atoms with Crippen LogP contribution < -0.4 is 5.32 Å². The molecule has 0 saturated heterocycles. The minimum Gasteiger partial charge on any atom is -0.384 e. The molecule has 0 unspecified atom stereocenters. The fourth-order valence-corrected chi connectivity index (χ4v) is 2.50. The van der Waals surface area contributed by atoms with Gasteiger partial charge in [0.15, 0.2) is 0 Å². The Morgan fingerprint density at radius 2 is 2.24 bits per heavy atom. The van der Waals surface area contributed by atoms with Crippen molar-refractivity contribution in [3.05, 3.63) is 35.1 Å². The molecule has 0 spiro atoms. The summed E-state index contributed by atoms with van der Waals surface area (Å²) < 4.78 is 13.8. The first-order valence-corrected chi connectivity index (χ1v) is 7.28. The van der Waals surface area contributed by atoms with Crippen LogP contribution in [0.4, 0.5) is 4.39 Å². The van der Waals surface area contributed by atoms with Crippen LogP contribution >= 0.6 is 0 Å². The van der Waals surface area contributed by atoms with E-state index in [2.05, 4.69) is 24.1 Å². The smallest absolute Gasteiger partial charge is 0.254 e. The Morgan fingerprint density at radius 3 is 2.86 bits per heavy atom. The lowest BCUT2D eigenvalue weighted by atomic mass is 10.0. The molecule has 0 heterocycles. The number of halogens is 1. The van der Waals surface area contributed by atoms with Crippen LogP contribution in [-0.2, 0) is 0 Å². The Balaban J connectivity index is 2.04. The van der Waals surface area contributed by atoms with Crippen molar-refractivity contribution in [1.82, 2.24) is 5.32 Å². The minimum absolute atomic E-state index is 0.00652. The molecule has 4 heteroatoms. The number of nitrogens with one attached hydrogen (secondary N) is 1. The van der Waals surface area contributed by atoms with Gasteiger partial charge in [-0.2, -0.15) is 0 Å². The first kappa shape index (κ1) is 15.5. The van der Waals surface area contributed by atoms with E-state index in [0.29, 0.717) is 12.1 Å². The number of benzene rings is 1. The average molecular weight is 289 g/mol. The summed E-state index contributed by atoms with van der Waals surface area (Å²) in [6.45, 7) is 2.47. The molecule has 0 aliphatic heterocycles. The summed E-state index contributed by atoms with van der Waals surface area (Å²) in [6.07, 6.45) is 4.45. The van der Waals surface area contributed by atoms with Crippen molar-refractivity contribution in [2.75, 3.05) is 13.2 Å². The van der Waals surface area contributed by atoms with Crippen molar-refractivity contribution in [2.45, 2.75) is 32.6 Å². The minimum atomic E-state index is -0.553. The van der Waals surface area contributed by atoms with Crippen LogP contribution in [0, 0.1) is 23.1 Å². The second-order valence-electron chi connectivity index (χ2n) is 5.59. The maximum absolute atomic E-state index is 13.8. The van der Waals surface area contributed by atoms with Crippen LogP contribution in [-0.4, -0.2) is 24.2 Å². The van der Waals surface area contributed by atoms with Crippen LogP contribution in [0.25, 0.3) is 0 Å². The Hall–Kier alpha value is -1.86. The van der Waals surface area contributed by atoms with Gasteiger partial charge in [-0.3, -0.25) is 4.79 Å². The molecule has 1 fully saturated rings. The van der Waals surface area contributed by atoms with E-state index in [1.165, 1.54) is 18.2 Å². The molecule has 2 N–H and O–H groups in total. The maximum atomic E-state index is 13.8. The summed E-state index contributed by atoms with van der Waals surface area (Å²) in [5, 5.41) is 11.5. The van der Waals surface area contributed by atoms with Gasteiger partial charge < -0.3 is 10.4 Å². The predicted molar refractivity (Wildman–Crippen MR) is 79.3 cm³/mol. The number of aliphatic hydroxyl groups excluding tert-OH is 1. The van der Waals surface area contributed by atoms with Gasteiger partial charge >= 0.3 is 0 Å². The van der Waals surface area contributed by atoms with Crippen molar-refractivity contribution < 1.29 is 14.3 Å². The van der Waals surface area contributed by atoms with Crippen molar-refractivity contribution in [2.24, 2.45) is 5.41 Å². The van der Waals surface area contributed by atoms with Gasteiger partial charge in [0, 0.05) is 12.1 Å². The number of hydrogen-bond acceptors (Lipinski definition) is 2. The Labute approximate surface area is 124 Å². The van der Waals surface area contributed by atoms with Gasteiger partial charge in [-0.15, -0.1) is 0 Å². The number of rotatable bonds is 5. The van der Waals surface area contributed by atoms with Crippen LogP contribution in [0.1, 0.15) is 48.5 Å². The van der Waals surface area contributed by atoms with E-state index in [1.807, 2.05) is 0 Å². The van der Waals surface area contributed by atoms with Crippen LogP contribution in [0.3, 0.4) is 0 Å². The third-order valence-electron chi connectivity index (χ3n) is 3.88. The standard InChI is InChI=1S/C17H20FNO2/c1-2-7-17(8-9-17)12-19-16(21)14-11-13(4-3-10-20)5-6-15(14)18/h5-6,11,20H,2,7-10,12H2,1H3,(H,19,21). The second-order valence-corrected chi connectivity index (χ2v) is 5.59. The lowest BCUT2D eigenvalue weighted by Crippen LogP contribution is -2.30. The third kappa shape index (κ3) is 4.05. The first-order chi connectivity index (χ1) is 10.1. The molecule has 21 heavy (non-hydrogen) atoms. The summed E-state index contributed by atoms with van der Waals surface area (Å²) in [4.78, 5) is 12.1. The molecule has 0 bridgehead atoms. The molecule has 1 aromatic rings. The van der Waals surface area contributed by atoms with E-state index in [-0.39, 0.29) is 17.6 Å². The van der Waals surface area contributed by atoms with Gasteiger partial charge in [-0.05, 0) is 42.9 Å². The van der Waals surface area contributed by atoms with Gasteiger partial charge in [0.1, 0.15) is 12.4 Å². The highest BCUT2D eigenvalue weighted by Gasteiger charge is 2.41. The van der Waals surface area contributed by atoms with Gasteiger partial charge in [-0.25, -0.2) is 4.39 Å². The molecule has 0 aromatic heterocycles. The maximum Gasteiger partial charge on any atom is 0.254 e. The third-order valence-corrected chi connectivity index (χ3v) is 3.88. The second kappa shape index (κ2) is 6.73. The zero-order chi connectivity index (χ0) is 15.3. The van der Waals surface area contributed by atoms with Crippen molar-refractivity contribution >= 4 is 5.91 Å². The highest BCUT2D eigenvalue weighted by Crippen LogP contribution is 2.48. The van der Waals surface area contributed by atoms with Crippen molar-refractivity contribution in [3.63, 3.8) is 0 Å². The van der Waals surface area contributed by atoms with Crippen LogP contribution in [0.2, 0.25) is 0 Å². The Morgan fingerprint density at radius 1 is 1.48 bits per heavy atom. The predicted octanol–water partition coefficient (Wildman–Crippen LogP) is 2.48. The lowest BCUT2D eigenvalue weighted by molar-refractivity contribution is 0.0939. The SMILES string of the molecule is CCCC1(CNC(=O)c2cc(C#CCO)ccc2F)CC1. The Bertz CT molecular complexity index is 582. The molecule has 1 aromatic carbocycles. The molecule has 2 rings (SSSR count). The topological polar surface area (TPSA) is 49.3 Å². The summed E-state index contributed by atoms with van der Waals surface area (Å²) in [5.74, 6) is 4.21. The zero-order valence-electron chi connectivity index (χ0n) is 12.2. The summed E-state index contributed by atoms with van der Waals surface area (Å²) in [6, 6.07) is 4.15. The number of carbonyl (C=O) groups is 1. The number of hydrogen-bond donors (Lipinski definition) is 2. The van der Waals surface area contributed by atoms with Crippen LogP contribution in [0.15, 0.2) is 18.2 Å². The highest BCUT2D eigenvalue weighted by atomic mass is 19.1. The molecular weight excluding hydrogens is 269 g/mol. The van der Waals surface area contributed by atoms with E-state index in [4.69, 9.17) is 5.11 Å². The monoisotopic (exact) mass is 289 g/mol. The fourth-order valence-electron chi connectivity index (χ4n) is 2.50. The fraction of sp³-hybridized carbons (Fsp3) is 0.471. The first-order valence-electron chi connectivity index (χ1n) is 7.28. The van der Waals surface area contributed by atoms with E-state index < -0.39 is 11.7 Å². The van der Waals surface area contributed by atoms with Crippen molar-refractivity contribution in [3.8, 4) is 11.8 Å². The number of amides is 1. The quantitative estimate of drug-likeness (QED) is 0.818. The molecule has 3 nitrogen and oxygen atoms in total. The van der Waals surface area contributed by atoms with Gasteiger partial charge in [0.2, 0.25) is 0 Å². The van der Waals surface area contributed by atoms with E-state index in [1.54, 1.807) is 0 Å². The molecule has 1 aliphatic carbocycles. The molecule has 0 atom stereocenters. The van der Waals surface area contributed by atoms with Gasteiger partial charge in [0.25, 0.3) is 5.91 Å². The molecule has 1 aliphatic rings. The van der Waals surface area contributed by atoms with Gasteiger partial charge in [-0.1, -0.05) is 25.2 Å². The molecule has 1 amide bonds. The molecule has 1 saturated carbocycles. The number of aliphatic hydroxyl groups is 1. The zero-order valence-corrected chi connectivity index (χ0v) is 12.2. The molecular formula is C17H20FNO2. The molecule has 112 valence electrons. The highest BCUT2D eigenvalue weighted by molar-refractivity contribution is 5.94. The summed E-state index contributed by atoms with van der Waals surface area (Å²) in [7, 11) is 0. The van der Waals surface area contributed by atoms with Gasteiger partial charge in [0.05, 0.1) is 5.56 Å².